The lowest BCUT2D eigenvalue weighted by Crippen LogP contribution is -2.13. The van der Waals surface area contributed by atoms with E-state index < -0.39 is 10.8 Å². The van der Waals surface area contributed by atoms with E-state index in [-0.39, 0.29) is 22.9 Å². The van der Waals surface area contributed by atoms with E-state index in [1.807, 2.05) is 30.3 Å². The van der Waals surface area contributed by atoms with E-state index in [0.29, 0.717) is 17.1 Å². The van der Waals surface area contributed by atoms with Crippen molar-refractivity contribution < 1.29 is 19.0 Å². The lowest BCUT2D eigenvalue weighted by atomic mass is 10.1. The van der Waals surface area contributed by atoms with Gasteiger partial charge in [0.15, 0.2) is 5.75 Å². The van der Waals surface area contributed by atoms with Crippen LogP contribution in [0.1, 0.15) is 10.4 Å². The molecule has 9 nitrogen and oxygen atoms in total. The number of hydrogen-bond acceptors (Lipinski definition) is 7. The maximum atomic E-state index is 12.8. The van der Waals surface area contributed by atoms with Crippen molar-refractivity contribution >= 4 is 17.3 Å². The lowest BCUT2D eigenvalue weighted by Gasteiger charge is -2.09. The van der Waals surface area contributed by atoms with Crippen LogP contribution in [0.3, 0.4) is 0 Å². The zero-order valence-electron chi connectivity index (χ0n) is 16.3. The molecule has 0 bridgehead atoms. The molecule has 0 unspecified atom stereocenters. The fourth-order valence-corrected chi connectivity index (χ4v) is 2.98. The Hall–Kier alpha value is -4.53. The molecule has 0 saturated carbocycles. The fraction of sp³-hybridized carbons (Fsp3) is 0.0455. The number of carbonyl (C=O) groups is 1. The molecule has 1 N–H and O–H groups in total. The minimum atomic E-state index is -0.604. The van der Waals surface area contributed by atoms with Crippen LogP contribution in [0.4, 0.5) is 11.4 Å². The molecular weight excluding hydrogens is 400 g/mol. The van der Waals surface area contributed by atoms with Crippen LogP contribution < -0.4 is 10.1 Å². The second-order valence-corrected chi connectivity index (χ2v) is 6.43. The highest BCUT2D eigenvalue weighted by Gasteiger charge is 2.20. The van der Waals surface area contributed by atoms with Gasteiger partial charge in [-0.2, -0.15) is 4.98 Å². The van der Waals surface area contributed by atoms with Crippen LogP contribution in [-0.4, -0.2) is 28.1 Å². The molecule has 0 aliphatic carbocycles. The Kier molecular flexibility index (Phi) is 5.39. The number of nitro groups is 1. The summed E-state index contributed by atoms with van der Waals surface area (Å²) < 4.78 is 10.4. The summed E-state index contributed by atoms with van der Waals surface area (Å²) in [6.07, 6.45) is 0. The first kappa shape index (κ1) is 19.8. The third-order valence-corrected chi connectivity index (χ3v) is 4.50. The minimum Gasteiger partial charge on any atom is -0.490 e. The number of carbonyl (C=O) groups excluding carboxylic acids is 1. The van der Waals surface area contributed by atoms with E-state index >= 15 is 0 Å². The van der Waals surface area contributed by atoms with E-state index in [1.165, 1.54) is 19.2 Å². The fourth-order valence-electron chi connectivity index (χ4n) is 2.98. The van der Waals surface area contributed by atoms with Crippen molar-refractivity contribution in [3.63, 3.8) is 0 Å². The number of aromatic nitrogens is 2. The number of nitro benzene ring substituents is 1. The Bertz CT molecular complexity index is 1250. The van der Waals surface area contributed by atoms with Gasteiger partial charge in [-0.1, -0.05) is 47.6 Å². The number of ether oxygens (including phenoxy) is 1. The Morgan fingerprint density at radius 3 is 2.55 bits per heavy atom. The lowest BCUT2D eigenvalue weighted by molar-refractivity contribution is -0.385. The van der Waals surface area contributed by atoms with Crippen LogP contribution in [0.25, 0.3) is 22.8 Å². The van der Waals surface area contributed by atoms with E-state index in [1.54, 1.807) is 24.3 Å². The van der Waals surface area contributed by atoms with Crippen LogP contribution in [0.5, 0.6) is 5.75 Å². The zero-order valence-corrected chi connectivity index (χ0v) is 16.3. The van der Waals surface area contributed by atoms with Gasteiger partial charge in [0.25, 0.3) is 11.8 Å². The van der Waals surface area contributed by atoms with Crippen LogP contribution >= 0.6 is 0 Å². The Morgan fingerprint density at radius 1 is 1.06 bits per heavy atom. The molecule has 9 heteroatoms. The van der Waals surface area contributed by atoms with Gasteiger partial charge in [-0.25, -0.2) is 0 Å². The van der Waals surface area contributed by atoms with Gasteiger partial charge in [0, 0.05) is 17.2 Å². The Labute approximate surface area is 176 Å². The molecule has 0 saturated heterocycles. The second-order valence-electron chi connectivity index (χ2n) is 6.43. The molecule has 0 fully saturated rings. The van der Waals surface area contributed by atoms with Crippen molar-refractivity contribution in [1.29, 1.82) is 0 Å². The third kappa shape index (κ3) is 4.10. The topological polar surface area (TPSA) is 120 Å². The zero-order chi connectivity index (χ0) is 21.8. The first-order valence-corrected chi connectivity index (χ1v) is 9.19. The van der Waals surface area contributed by atoms with Crippen molar-refractivity contribution in [2.45, 2.75) is 0 Å². The van der Waals surface area contributed by atoms with E-state index in [9.17, 15) is 14.9 Å². The standard InChI is InChI=1S/C22H16N4O5/c1-30-19-12-11-15(13-18(19)26(28)29)21(27)23-17-10-6-5-9-16(17)22-24-20(25-31-22)14-7-3-2-4-8-14/h2-13H,1H3,(H,23,27). The maximum absolute atomic E-state index is 12.8. The molecule has 4 aromatic rings. The maximum Gasteiger partial charge on any atom is 0.311 e. The van der Waals surface area contributed by atoms with Gasteiger partial charge in [-0.3, -0.25) is 14.9 Å². The normalized spacial score (nSPS) is 10.5. The molecule has 3 aromatic carbocycles. The quantitative estimate of drug-likeness (QED) is 0.361. The number of anilines is 1. The van der Waals surface area contributed by atoms with Crippen LogP contribution in [-0.2, 0) is 0 Å². The van der Waals surface area contributed by atoms with Gasteiger partial charge < -0.3 is 14.6 Å². The molecule has 1 amide bonds. The number of methoxy groups -OCH3 is 1. The predicted octanol–water partition coefficient (Wildman–Crippen LogP) is 4.57. The summed E-state index contributed by atoms with van der Waals surface area (Å²) in [6.45, 7) is 0. The molecule has 154 valence electrons. The largest absolute Gasteiger partial charge is 0.490 e. The molecule has 31 heavy (non-hydrogen) atoms. The Balaban J connectivity index is 1.63. The number of rotatable bonds is 6. The smallest absolute Gasteiger partial charge is 0.311 e. The van der Waals surface area contributed by atoms with Crippen LogP contribution in [0.2, 0.25) is 0 Å². The van der Waals surface area contributed by atoms with Gasteiger partial charge in [0.1, 0.15) is 0 Å². The van der Waals surface area contributed by atoms with Crippen LogP contribution in [0, 0.1) is 10.1 Å². The molecule has 1 aromatic heterocycles. The summed E-state index contributed by atoms with van der Waals surface area (Å²) in [7, 11) is 1.33. The van der Waals surface area contributed by atoms with Crippen molar-refractivity contribution in [1.82, 2.24) is 10.1 Å². The van der Waals surface area contributed by atoms with Gasteiger partial charge >= 0.3 is 5.69 Å². The number of para-hydroxylation sites is 1. The molecule has 4 rings (SSSR count). The summed E-state index contributed by atoms with van der Waals surface area (Å²) in [6, 6.07) is 20.3. The number of amides is 1. The molecule has 0 atom stereocenters. The van der Waals surface area contributed by atoms with E-state index in [2.05, 4.69) is 15.5 Å². The highest BCUT2D eigenvalue weighted by molar-refractivity contribution is 6.06. The number of nitrogens with one attached hydrogen (secondary N) is 1. The average Bonchev–Trinajstić information content (AvgIpc) is 3.29. The second kappa shape index (κ2) is 8.46. The van der Waals surface area contributed by atoms with Crippen LogP contribution in [0.15, 0.2) is 77.3 Å². The highest BCUT2D eigenvalue weighted by atomic mass is 16.6. The van der Waals surface area contributed by atoms with Gasteiger partial charge in [-0.15, -0.1) is 0 Å². The van der Waals surface area contributed by atoms with Gasteiger partial charge in [-0.05, 0) is 24.3 Å². The molecule has 1 heterocycles. The third-order valence-electron chi connectivity index (χ3n) is 4.50. The molecular formula is C22H16N4O5. The molecule has 0 aliphatic heterocycles. The SMILES string of the molecule is COc1ccc(C(=O)Nc2ccccc2-c2nc(-c3ccccc3)no2)cc1[N+](=O)[O-]. The summed E-state index contributed by atoms with van der Waals surface area (Å²) in [4.78, 5) is 27.8. The van der Waals surface area contributed by atoms with Crippen molar-refractivity contribution in [3.05, 3.63) is 88.5 Å². The Morgan fingerprint density at radius 2 is 1.81 bits per heavy atom. The average molecular weight is 416 g/mol. The van der Waals surface area contributed by atoms with Gasteiger partial charge in [0.05, 0.1) is 23.3 Å². The highest BCUT2D eigenvalue weighted by Crippen LogP contribution is 2.30. The first-order valence-electron chi connectivity index (χ1n) is 9.19. The molecule has 0 spiro atoms. The summed E-state index contributed by atoms with van der Waals surface area (Å²) >= 11 is 0. The molecule has 0 radical (unpaired) electrons. The number of hydrogen-bond donors (Lipinski definition) is 1. The van der Waals surface area contributed by atoms with E-state index in [0.717, 1.165) is 11.6 Å². The molecule has 0 aliphatic rings. The summed E-state index contributed by atoms with van der Waals surface area (Å²) in [5.41, 5.74) is 1.55. The summed E-state index contributed by atoms with van der Waals surface area (Å²) in [5, 5.41) is 18.0. The predicted molar refractivity (Wildman–Crippen MR) is 113 cm³/mol. The number of nitrogens with zero attached hydrogens (tertiary/aromatic N) is 3. The van der Waals surface area contributed by atoms with Crippen molar-refractivity contribution in [2.24, 2.45) is 0 Å². The number of benzene rings is 3. The first-order chi connectivity index (χ1) is 15.1. The minimum absolute atomic E-state index is 0.0706. The van der Waals surface area contributed by atoms with E-state index in [4.69, 9.17) is 9.26 Å². The van der Waals surface area contributed by atoms with Crippen molar-refractivity contribution in [3.8, 4) is 28.6 Å². The van der Waals surface area contributed by atoms with Crippen molar-refractivity contribution in [2.75, 3.05) is 12.4 Å². The summed E-state index contributed by atoms with van der Waals surface area (Å²) in [5.74, 6) is 0.195. The monoisotopic (exact) mass is 416 g/mol. The van der Waals surface area contributed by atoms with Gasteiger partial charge in [0.2, 0.25) is 5.82 Å².